The Kier molecular flexibility index (Phi) is 6.61. The number of aromatic nitrogens is 1. The van der Waals surface area contributed by atoms with Gasteiger partial charge in [-0.2, -0.15) is 0 Å². The molecule has 0 atom stereocenters. The smallest absolute Gasteiger partial charge is 0.515 e. The minimum absolute atomic E-state index is 0. The first-order valence-corrected chi connectivity index (χ1v) is 8.14. The summed E-state index contributed by atoms with van der Waals surface area (Å²) in [5.74, 6) is 1.61. The van der Waals surface area contributed by atoms with E-state index >= 15 is 0 Å². The summed E-state index contributed by atoms with van der Waals surface area (Å²) in [6.45, 7) is 4.09. The van der Waals surface area contributed by atoms with E-state index in [1.165, 1.54) is 25.7 Å². The second-order valence-corrected chi connectivity index (χ2v) is 6.49. The first-order chi connectivity index (χ1) is 10.2. The standard InChI is InChI=1S/C16H22N4S.Ga/c1-12(15-4-2-3-9-17-15)18-19-16(21)20-10-13-5-6-14(11-20)8-7-13;/h2-4,9,13-14H,5-8,10-11H2,1H3,(H,17,19,21);/q;+3. The average Bonchev–Trinajstić information content (AvgIpc) is 2.87. The van der Waals surface area contributed by atoms with Crippen LogP contribution in [0.5, 0.6) is 0 Å². The van der Waals surface area contributed by atoms with Gasteiger partial charge in [-0.3, -0.25) is 4.98 Å². The predicted octanol–water partition coefficient (Wildman–Crippen LogP) is 2.29. The third-order valence-corrected chi connectivity index (χ3v) is 4.90. The Morgan fingerprint density at radius 1 is 1.23 bits per heavy atom. The molecule has 1 aromatic heterocycles. The fourth-order valence-electron chi connectivity index (χ4n) is 3.27. The van der Waals surface area contributed by atoms with Crippen molar-refractivity contribution in [2.24, 2.45) is 16.9 Å². The molecule has 6 heteroatoms. The van der Waals surface area contributed by atoms with Gasteiger partial charge in [-0.1, -0.05) is 6.07 Å². The van der Waals surface area contributed by atoms with Crippen molar-refractivity contribution in [1.82, 2.24) is 9.88 Å². The summed E-state index contributed by atoms with van der Waals surface area (Å²) in [5.41, 5.74) is 6.00. The van der Waals surface area contributed by atoms with Crippen LogP contribution in [-0.4, -0.2) is 53.6 Å². The summed E-state index contributed by atoms with van der Waals surface area (Å²) in [6.07, 6.45) is 7.21. The van der Waals surface area contributed by atoms with E-state index in [0.29, 0.717) is 0 Å². The molecule has 1 aromatic rings. The van der Waals surface area contributed by atoms with Crippen LogP contribution < -0.4 is 0 Å². The van der Waals surface area contributed by atoms with Crippen molar-refractivity contribution >= 4 is 42.8 Å². The van der Waals surface area contributed by atoms with Gasteiger partial charge < -0.3 is 10.5 Å². The van der Waals surface area contributed by atoms with Crippen LogP contribution in [0.1, 0.15) is 38.3 Å². The molecule has 4 nitrogen and oxygen atoms in total. The van der Waals surface area contributed by atoms with Gasteiger partial charge in [0.15, 0.2) is 17.3 Å². The molecule has 0 unspecified atom stereocenters. The number of hydrogen-bond donors (Lipinski definition) is 0. The summed E-state index contributed by atoms with van der Waals surface area (Å²) in [5, 5.41) is 5.03. The van der Waals surface area contributed by atoms with Crippen LogP contribution in [-0.2, 0) is 12.2 Å². The van der Waals surface area contributed by atoms with Crippen LogP contribution in [0.4, 0.5) is 0 Å². The average molecular weight is 372 g/mol. The third kappa shape index (κ3) is 4.41. The molecule has 2 bridgehead atoms. The van der Waals surface area contributed by atoms with E-state index in [4.69, 9.17) is 0 Å². The minimum Gasteiger partial charge on any atom is -0.515 e. The molecule has 3 fully saturated rings. The molecule has 112 valence electrons. The van der Waals surface area contributed by atoms with E-state index < -0.39 is 0 Å². The Balaban J connectivity index is 0.00000176. The maximum absolute atomic E-state index is 4.57. The zero-order chi connectivity index (χ0) is 14.7. The van der Waals surface area contributed by atoms with Crippen molar-refractivity contribution in [3.8, 4) is 0 Å². The van der Waals surface area contributed by atoms with Crippen LogP contribution in [0, 0.1) is 11.8 Å². The molecule has 0 spiro atoms. The van der Waals surface area contributed by atoms with Crippen LogP contribution in [0.15, 0.2) is 29.5 Å². The SMILES string of the molecule is CC(=N[N-]C(=[SH+])N1CC2CCC(CC2)C1)c1ccccn1.[Ga+3]. The Hall–Kier alpha value is -0.694. The van der Waals surface area contributed by atoms with Gasteiger partial charge in [0.05, 0.1) is 5.69 Å². The fourth-order valence-corrected chi connectivity index (χ4v) is 3.48. The van der Waals surface area contributed by atoms with Crippen molar-refractivity contribution in [2.75, 3.05) is 13.1 Å². The molecule has 22 heavy (non-hydrogen) atoms. The number of thiol groups is 1. The summed E-state index contributed by atoms with van der Waals surface area (Å²) in [6, 6.07) is 5.80. The van der Waals surface area contributed by atoms with Crippen molar-refractivity contribution < 1.29 is 0 Å². The van der Waals surface area contributed by atoms with E-state index in [0.717, 1.165) is 41.4 Å². The Morgan fingerprint density at radius 2 is 1.86 bits per heavy atom. The quantitative estimate of drug-likeness (QED) is 0.200. The molecule has 2 saturated heterocycles. The maximum atomic E-state index is 4.57. The second-order valence-electron chi connectivity index (χ2n) is 6.09. The van der Waals surface area contributed by atoms with Crippen molar-refractivity contribution in [2.45, 2.75) is 32.6 Å². The van der Waals surface area contributed by atoms with Gasteiger partial charge >= 0.3 is 19.8 Å². The molecule has 0 N–H and O–H groups in total. The van der Waals surface area contributed by atoms with Gasteiger partial charge in [0, 0.05) is 25.0 Å². The molecule has 3 aliphatic rings. The van der Waals surface area contributed by atoms with E-state index in [2.05, 4.69) is 32.6 Å². The van der Waals surface area contributed by atoms with E-state index in [1.807, 2.05) is 25.1 Å². The molecule has 4 rings (SSSR count). The Morgan fingerprint density at radius 3 is 2.41 bits per heavy atom. The molecule has 3 heterocycles. The van der Waals surface area contributed by atoms with Gasteiger partial charge in [-0.25, -0.2) is 4.90 Å². The summed E-state index contributed by atoms with van der Waals surface area (Å²) >= 11 is 4.57. The van der Waals surface area contributed by atoms with Gasteiger partial charge in [-0.15, -0.1) is 0 Å². The molecular formula is C16H22GaN4S+3. The molecular weight excluding hydrogens is 350 g/mol. The number of pyridine rings is 1. The first kappa shape index (κ1) is 17.7. The topological polar surface area (TPSA) is 42.6 Å². The summed E-state index contributed by atoms with van der Waals surface area (Å²) < 4.78 is 0. The molecule has 1 saturated carbocycles. The van der Waals surface area contributed by atoms with Crippen molar-refractivity contribution in [3.63, 3.8) is 0 Å². The molecule has 0 amide bonds. The van der Waals surface area contributed by atoms with Crippen LogP contribution >= 0.6 is 0 Å². The van der Waals surface area contributed by atoms with Crippen molar-refractivity contribution in [3.05, 3.63) is 35.5 Å². The van der Waals surface area contributed by atoms with Crippen molar-refractivity contribution in [1.29, 1.82) is 0 Å². The van der Waals surface area contributed by atoms with E-state index in [1.54, 1.807) is 6.20 Å². The van der Waals surface area contributed by atoms with Gasteiger partial charge in [0.25, 0.3) is 0 Å². The van der Waals surface area contributed by atoms with Crippen LogP contribution in [0.25, 0.3) is 5.43 Å². The Bertz CT molecular complexity index is 512. The minimum atomic E-state index is 0. The normalized spacial score (nSPS) is 25.2. The maximum Gasteiger partial charge on any atom is 3.00 e. The van der Waals surface area contributed by atoms with Gasteiger partial charge in [-0.05, 0) is 56.6 Å². The summed E-state index contributed by atoms with van der Waals surface area (Å²) in [4.78, 5) is 6.58. The fraction of sp³-hybridized carbons (Fsp3) is 0.562. The second kappa shape index (κ2) is 8.24. The molecule has 0 aromatic carbocycles. The zero-order valence-electron chi connectivity index (χ0n) is 13.0. The Labute approximate surface area is 150 Å². The first-order valence-electron chi connectivity index (χ1n) is 7.70. The van der Waals surface area contributed by atoms with Crippen LogP contribution in [0.3, 0.4) is 0 Å². The molecule has 1 aliphatic carbocycles. The third-order valence-electron chi connectivity index (χ3n) is 4.53. The zero-order valence-corrected chi connectivity index (χ0v) is 16.3. The number of nitrogens with zero attached hydrogens (tertiary/aromatic N) is 4. The largest absolute Gasteiger partial charge is 3.00 e. The van der Waals surface area contributed by atoms with Crippen LogP contribution in [0.2, 0.25) is 0 Å². The van der Waals surface area contributed by atoms with E-state index in [9.17, 15) is 0 Å². The number of hydrogen-bond acceptors (Lipinski definition) is 2. The van der Waals surface area contributed by atoms with E-state index in [-0.39, 0.29) is 19.8 Å². The van der Waals surface area contributed by atoms with Gasteiger partial charge in [0.1, 0.15) is 0 Å². The summed E-state index contributed by atoms with van der Waals surface area (Å²) in [7, 11) is 0. The molecule has 0 radical (unpaired) electrons. The number of rotatable bonds is 2. The molecule has 2 aliphatic heterocycles. The monoisotopic (exact) mass is 371 g/mol. The predicted molar refractivity (Wildman–Crippen MR) is 96.3 cm³/mol. The number of fused-ring (bicyclic) bond motifs is 4. The van der Waals surface area contributed by atoms with Gasteiger partial charge in [0.2, 0.25) is 0 Å².